The van der Waals surface area contributed by atoms with Gasteiger partial charge in [0.1, 0.15) is 0 Å². The Morgan fingerprint density at radius 1 is 0.943 bits per heavy atom. The van der Waals surface area contributed by atoms with Crippen molar-refractivity contribution >= 4 is 11.7 Å². The number of nitrogens with zero attached hydrogens (tertiary/aromatic N) is 1. The van der Waals surface area contributed by atoms with Gasteiger partial charge in [-0.05, 0) is 81.5 Å². The standard InChI is InChI=1S/C28H49N5O2/c29-20-9-11-21(12-10-20)32-28(35)26-24(16-34)23-13-8-18(27(30)31)14-25(23)33(26)15-19-6-3-5-17-4-1-2-7-22(17)19/h17-26,34H,1-16,29H2,(H3,30,31)(H,32,35). The van der Waals surface area contributed by atoms with Gasteiger partial charge in [0.25, 0.3) is 0 Å². The number of carbonyl (C=O) groups excluding carboxylic acids is 1. The first-order chi connectivity index (χ1) is 17.0. The maximum absolute atomic E-state index is 13.9. The first kappa shape index (κ1) is 25.5. The van der Waals surface area contributed by atoms with Gasteiger partial charge in [-0.3, -0.25) is 15.1 Å². The summed E-state index contributed by atoms with van der Waals surface area (Å²) in [6.45, 7) is 1.03. The van der Waals surface area contributed by atoms with Gasteiger partial charge >= 0.3 is 0 Å². The van der Waals surface area contributed by atoms with Gasteiger partial charge in [0.2, 0.25) is 5.91 Å². The molecular formula is C28H49N5O2. The number of amidine groups is 1. The molecule has 7 nitrogen and oxygen atoms in total. The van der Waals surface area contributed by atoms with E-state index in [0.717, 1.165) is 63.3 Å². The lowest BCUT2D eigenvalue weighted by atomic mass is 9.65. The van der Waals surface area contributed by atoms with Crippen molar-refractivity contribution in [2.45, 2.75) is 114 Å². The highest BCUT2D eigenvalue weighted by Crippen LogP contribution is 2.49. The van der Waals surface area contributed by atoms with Crippen LogP contribution in [0.15, 0.2) is 0 Å². The average molecular weight is 488 g/mol. The zero-order chi connectivity index (χ0) is 24.5. The summed E-state index contributed by atoms with van der Waals surface area (Å²) in [4.78, 5) is 16.4. The van der Waals surface area contributed by atoms with Crippen molar-refractivity contribution in [3.63, 3.8) is 0 Å². The highest BCUT2D eigenvalue weighted by Gasteiger charge is 2.54. The van der Waals surface area contributed by atoms with Gasteiger partial charge in [-0.2, -0.15) is 0 Å². The number of rotatable bonds is 6. The minimum absolute atomic E-state index is 0.0236. The number of nitrogens with one attached hydrogen (secondary N) is 2. The summed E-state index contributed by atoms with van der Waals surface area (Å²) in [6.07, 6.45) is 16.0. The van der Waals surface area contributed by atoms with Crippen LogP contribution in [-0.2, 0) is 4.79 Å². The Kier molecular flexibility index (Phi) is 8.05. The van der Waals surface area contributed by atoms with E-state index in [0.29, 0.717) is 17.7 Å². The van der Waals surface area contributed by atoms with Crippen LogP contribution in [0.25, 0.3) is 0 Å². The zero-order valence-electron chi connectivity index (χ0n) is 21.5. The Labute approximate surface area is 211 Å². The van der Waals surface area contributed by atoms with Crippen molar-refractivity contribution in [3.05, 3.63) is 0 Å². The van der Waals surface area contributed by atoms with Gasteiger partial charge in [0, 0.05) is 43.1 Å². The summed E-state index contributed by atoms with van der Waals surface area (Å²) in [6, 6.07) is 0.445. The van der Waals surface area contributed by atoms with Gasteiger partial charge in [0.05, 0.1) is 11.9 Å². The fourth-order valence-corrected chi connectivity index (χ4v) is 8.97. The molecule has 1 aliphatic heterocycles. The Hall–Kier alpha value is -1.18. The Morgan fingerprint density at radius 2 is 1.69 bits per heavy atom. The molecule has 7 heteroatoms. The van der Waals surface area contributed by atoms with E-state index >= 15 is 0 Å². The van der Waals surface area contributed by atoms with Gasteiger partial charge < -0.3 is 21.9 Å². The number of fused-ring (bicyclic) bond motifs is 2. The smallest absolute Gasteiger partial charge is 0.237 e. The van der Waals surface area contributed by atoms with Crippen LogP contribution in [0.3, 0.4) is 0 Å². The summed E-state index contributed by atoms with van der Waals surface area (Å²) in [5.41, 5.74) is 12.1. The van der Waals surface area contributed by atoms with Crippen LogP contribution in [0.1, 0.15) is 89.9 Å². The number of hydrogen-bond donors (Lipinski definition) is 5. The molecule has 0 bridgehead atoms. The summed E-state index contributed by atoms with van der Waals surface area (Å²) in [5, 5.41) is 22.1. The normalized spacial score (nSPS) is 44.3. The maximum atomic E-state index is 13.9. The monoisotopic (exact) mass is 487 g/mol. The SMILES string of the molecule is N=C(N)C1CCC2C(CO)C(C(=O)NC3CCC(N)CC3)N(CC3CCCC4CCCCC43)C2C1. The molecule has 0 spiro atoms. The first-order valence-electron chi connectivity index (χ1n) is 14.7. The molecule has 0 aromatic carbocycles. The van der Waals surface area contributed by atoms with Crippen LogP contribution in [0, 0.1) is 40.9 Å². The molecule has 5 rings (SSSR count). The molecule has 0 aromatic rings. The van der Waals surface area contributed by atoms with Gasteiger partial charge in [-0.1, -0.05) is 32.1 Å². The minimum atomic E-state index is -0.264. The minimum Gasteiger partial charge on any atom is -0.396 e. The Bertz CT molecular complexity index is 752. The molecule has 7 N–H and O–H groups in total. The quantitative estimate of drug-likeness (QED) is 0.291. The van der Waals surface area contributed by atoms with E-state index < -0.39 is 0 Å². The van der Waals surface area contributed by atoms with Crippen LogP contribution in [0.2, 0.25) is 0 Å². The molecule has 0 radical (unpaired) electrons. The van der Waals surface area contributed by atoms with Crippen molar-refractivity contribution in [2.24, 2.45) is 47.0 Å². The van der Waals surface area contributed by atoms with E-state index in [1.165, 1.54) is 44.9 Å². The molecule has 8 atom stereocenters. The number of carbonyl (C=O) groups is 1. The lowest BCUT2D eigenvalue weighted by molar-refractivity contribution is -0.129. The predicted molar refractivity (Wildman–Crippen MR) is 139 cm³/mol. The van der Waals surface area contributed by atoms with Crippen molar-refractivity contribution in [1.29, 1.82) is 5.41 Å². The van der Waals surface area contributed by atoms with Gasteiger partial charge in [0.15, 0.2) is 0 Å². The van der Waals surface area contributed by atoms with E-state index in [9.17, 15) is 9.90 Å². The summed E-state index contributed by atoms with van der Waals surface area (Å²) >= 11 is 0. The van der Waals surface area contributed by atoms with E-state index in [2.05, 4.69) is 10.2 Å². The molecule has 35 heavy (non-hydrogen) atoms. The van der Waals surface area contributed by atoms with Crippen LogP contribution < -0.4 is 16.8 Å². The molecule has 5 fully saturated rings. The van der Waals surface area contributed by atoms with E-state index in [1.54, 1.807) is 0 Å². The fourth-order valence-electron chi connectivity index (χ4n) is 8.97. The first-order valence-corrected chi connectivity index (χ1v) is 14.7. The molecule has 8 unspecified atom stereocenters. The molecular weight excluding hydrogens is 438 g/mol. The lowest BCUT2D eigenvalue weighted by Gasteiger charge is -2.45. The summed E-state index contributed by atoms with van der Waals surface area (Å²) in [7, 11) is 0. The van der Waals surface area contributed by atoms with Crippen molar-refractivity contribution in [2.75, 3.05) is 13.2 Å². The summed E-state index contributed by atoms with van der Waals surface area (Å²) in [5.74, 6) is 3.11. The van der Waals surface area contributed by atoms with Gasteiger partial charge in [-0.25, -0.2) is 0 Å². The maximum Gasteiger partial charge on any atom is 0.237 e. The Morgan fingerprint density at radius 3 is 2.43 bits per heavy atom. The number of amides is 1. The number of aliphatic hydroxyl groups excluding tert-OH is 1. The third kappa shape index (κ3) is 5.28. The van der Waals surface area contributed by atoms with Crippen molar-refractivity contribution < 1.29 is 9.90 Å². The highest BCUT2D eigenvalue weighted by molar-refractivity contribution is 5.83. The molecule has 4 saturated carbocycles. The predicted octanol–water partition coefficient (Wildman–Crippen LogP) is 2.99. The second-order valence-corrected chi connectivity index (χ2v) is 12.7. The molecule has 0 aromatic heterocycles. The number of hydrogen-bond acceptors (Lipinski definition) is 5. The average Bonchev–Trinajstić information content (AvgIpc) is 3.18. The van der Waals surface area contributed by atoms with Gasteiger partial charge in [-0.15, -0.1) is 0 Å². The molecule has 1 heterocycles. The topological polar surface area (TPSA) is 128 Å². The highest BCUT2D eigenvalue weighted by atomic mass is 16.3. The zero-order valence-corrected chi connectivity index (χ0v) is 21.5. The molecule has 198 valence electrons. The number of aliphatic hydroxyl groups is 1. The largest absolute Gasteiger partial charge is 0.396 e. The molecule has 1 amide bonds. The lowest BCUT2D eigenvalue weighted by Crippen LogP contribution is -2.54. The summed E-state index contributed by atoms with van der Waals surface area (Å²) < 4.78 is 0. The van der Waals surface area contributed by atoms with E-state index in [4.69, 9.17) is 16.9 Å². The fraction of sp³-hybridized carbons (Fsp3) is 0.929. The molecule has 4 aliphatic carbocycles. The van der Waals surface area contributed by atoms with Crippen LogP contribution >= 0.6 is 0 Å². The Balaban J connectivity index is 1.38. The van der Waals surface area contributed by atoms with E-state index in [1.807, 2.05) is 0 Å². The third-order valence-corrected chi connectivity index (χ3v) is 10.8. The number of nitrogens with two attached hydrogens (primary N) is 2. The van der Waals surface area contributed by atoms with Crippen LogP contribution in [0.4, 0.5) is 0 Å². The second-order valence-electron chi connectivity index (χ2n) is 12.7. The molecule has 5 aliphatic rings. The van der Waals surface area contributed by atoms with Crippen molar-refractivity contribution in [3.8, 4) is 0 Å². The second kappa shape index (κ2) is 11.1. The van der Waals surface area contributed by atoms with E-state index in [-0.39, 0.29) is 48.5 Å². The number of likely N-dealkylation sites (tertiary alicyclic amines) is 1. The molecule has 1 saturated heterocycles. The van der Waals surface area contributed by atoms with Crippen LogP contribution in [0.5, 0.6) is 0 Å². The van der Waals surface area contributed by atoms with Crippen LogP contribution in [-0.4, -0.2) is 59.1 Å². The van der Waals surface area contributed by atoms with Crippen molar-refractivity contribution in [1.82, 2.24) is 10.2 Å². The third-order valence-electron chi connectivity index (χ3n) is 10.8.